The standard InChI is InChI=1S/C21H20FN3/c22-18-6-8-19(9-7-18)25-21-17-10-16(20(21)11-23-25)13-24(14-17)12-15-4-2-1-3-5-15/h1-9,11,16-17H,10,12-14H2. The van der Waals surface area contributed by atoms with Crippen LogP contribution in [-0.4, -0.2) is 27.8 Å². The minimum Gasteiger partial charge on any atom is -0.298 e. The van der Waals surface area contributed by atoms with Crippen LogP contribution in [0.25, 0.3) is 5.69 Å². The average Bonchev–Trinajstić information content (AvgIpc) is 3.17. The van der Waals surface area contributed by atoms with Crippen LogP contribution in [0.15, 0.2) is 60.8 Å². The van der Waals surface area contributed by atoms with Gasteiger partial charge >= 0.3 is 0 Å². The maximum absolute atomic E-state index is 13.2. The second-order valence-electron chi connectivity index (χ2n) is 7.18. The zero-order chi connectivity index (χ0) is 16.8. The summed E-state index contributed by atoms with van der Waals surface area (Å²) in [6.45, 7) is 3.15. The van der Waals surface area contributed by atoms with Crippen LogP contribution in [0.4, 0.5) is 4.39 Å². The summed E-state index contributed by atoms with van der Waals surface area (Å²) in [5.41, 5.74) is 5.02. The molecule has 2 aromatic carbocycles. The van der Waals surface area contributed by atoms with Crippen LogP contribution >= 0.6 is 0 Å². The van der Waals surface area contributed by atoms with E-state index in [-0.39, 0.29) is 5.82 Å². The highest BCUT2D eigenvalue weighted by Gasteiger charge is 2.40. The van der Waals surface area contributed by atoms with Crippen LogP contribution in [0.2, 0.25) is 0 Å². The third kappa shape index (κ3) is 2.57. The number of aromatic nitrogens is 2. The van der Waals surface area contributed by atoms with Gasteiger partial charge in [0.2, 0.25) is 0 Å². The highest BCUT2D eigenvalue weighted by atomic mass is 19.1. The molecule has 2 unspecified atom stereocenters. The van der Waals surface area contributed by atoms with Gasteiger partial charge in [-0.05, 0) is 41.8 Å². The summed E-state index contributed by atoms with van der Waals surface area (Å²) >= 11 is 0. The summed E-state index contributed by atoms with van der Waals surface area (Å²) in [5.74, 6) is 0.858. The quantitative estimate of drug-likeness (QED) is 0.719. The van der Waals surface area contributed by atoms with Gasteiger partial charge in [0.25, 0.3) is 0 Å². The van der Waals surface area contributed by atoms with Gasteiger partial charge < -0.3 is 0 Å². The first-order valence-electron chi connectivity index (χ1n) is 8.88. The van der Waals surface area contributed by atoms with Gasteiger partial charge in [-0.15, -0.1) is 0 Å². The first kappa shape index (κ1) is 14.8. The molecule has 5 rings (SSSR count). The molecule has 0 radical (unpaired) electrons. The maximum atomic E-state index is 13.2. The number of hydrogen-bond donors (Lipinski definition) is 0. The van der Waals surface area contributed by atoms with E-state index in [2.05, 4.69) is 40.3 Å². The maximum Gasteiger partial charge on any atom is 0.123 e. The Morgan fingerprint density at radius 1 is 0.960 bits per heavy atom. The topological polar surface area (TPSA) is 21.1 Å². The number of fused-ring (bicyclic) bond motifs is 5. The van der Waals surface area contributed by atoms with Gasteiger partial charge in [0.1, 0.15) is 5.82 Å². The van der Waals surface area contributed by atoms with Crippen LogP contribution in [-0.2, 0) is 6.54 Å². The lowest BCUT2D eigenvalue weighted by molar-refractivity contribution is 0.193. The van der Waals surface area contributed by atoms with Crippen LogP contribution < -0.4 is 0 Å². The highest BCUT2D eigenvalue weighted by Crippen LogP contribution is 2.46. The monoisotopic (exact) mass is 333 g/mol. The summed E-state index contributed by atoms with van der Waals surface area (Å²) in [6.07, 6.45) is 3.23. The number of hydrogen-bond acceptors (Lipinski definition) is 2. The molecule has 126 valence electrons. The number of halogens is 1. The van der Waals surface area contributed by atoms with Crippen molar-refractivity contribution in [3.63, 3.8) is 0 Å². The normalized spacial score (nSPS) is 22.1. The molecule has 4 heteroatoms. The SMILES string of the molecule is Fc1ccc(-n2ncc3c2C2CC3CN(Cc3ccccc3)C2)cc1. The summed E-state index contributed by atoms with van der Waals surface area (Å²) in [7, 11) is 0. The van der Waals surface area contributed by atoms with Crippen LogP contribution in [0.5, 0.6) is 0 Å². The van der Waals surface area contributed by atoms with Gasteiger partial charge in [0, 0.05) is 31.5 Å². The number of piperidine rings is 1. The minimum atomic E-state index is -0.208. The van der Waals surface area contributed by atoms with Crippen molar-refractivity contribution >= 4 is 0 Å². The molecule has 2 atom stereocenters. The van der Waals surface area contributed by atoms with E-state index in [1.54, 1.807) is 0 Å². The van der Waals surface area contributed by atoms with Crippen LogP contribution in [0, 0.1) is 5.82 Å². The largest absolute Gasteiger partial charge is 0.298 e. The first-order valence-corrected chi connectivity index (χ1v) is 8.88. The molecule has 2 aliphatic rings. The summed E-state index contributed by atoms with van der Waals surface area (Å²) in [4.78, 5) is 2.56. The smallest absolute Gasteiger partial charge is 0.123 e. The second-order valence-corrected chi connectivity index (χ2v) is 7.18. The van der Waals surface area contributed by atoms with Crippen molar-refractivity contribution < 1.29 is 4.39 Å². The van der Waals surface area contributed by atoms with Gasteiger partial charge in [0.05, 0.1) is 17.6 Å². The zero-order valence-corrected chi connectivity index (χ0v) is 14.0. The van der Waals surface area contributed by atoms with Crippen molar-refractivity contribution in [3.05, 3.63) is 83.4 Å². The highest BCUT2D eigenvalue weighted by molar-refractivity contribution is 5.42. The van der Waals surface area contributed by atoms with Gasteiger partial charge in [-0.2, -0.15) is 5.10 Å². The Morgan fingerprint density at radius 3 is 2.52 bits per heavy atom. The fourth-order valence-electron chi connectivity index (χ4n) is 4.47. The van der Waals surface area contributed by atoms with E-state index in [1.807, 2.05) is 23.0 Å². The third-order valence-corrected chi connectivity index (χ3v) is 5.51. The fourth-order valence-corrected chi connectivity index (χ4v) is 4.47. The predicted octanol–water partition coefficient (Wildman–Crippen LogP) is 4.10. The van der Waals surface area contributed by atoms with E-state index in [0.717, 1.165) is 25.3 Å². The van der Waals surface area contributed by atoms with Crippen molar-refractivity contribution in [2.24, 2.45) is 0 Å². The second kappa shape index (κ2) is 5.81. The zero-order valence-electron chi connectivity index (χ0n) is 14.0. The minimum absolute atomic E-state index is 0.208. The Morgan fingerprint density at radius 2 is 1.72 bits per heavy atom. The van der Waals surface area contributed by atoms with Crippen molar-refractivity contribution in [3.8, 4) is 5.69 Å². The molecular weight excluding hydrogens is 313 g/mol. The molecule has 3 nitrogen and oxygen atoms in total. The molecule has 0 N–H and O–H groups in total. The Labute approximate surface area is 146 Å². The van der Waals surface area contributed by atoms with Crippen LogP contribution in [0.3, 0.4) is 0 Å². The molecule has 1 aromatic heterocycles. The number of likely N-dealkylation sites (tertiary alicyclic amines) is 1. The lowest BCUT2D eigenvalue weighted by Gasteiger charge is -2.32. The molecular formula is C21H20FN3. The van der Waals surface area contributed by atoms with Crippen LogP contribution in [0.1, 0.15) is 35.1 Å². The number of nitrogens with zero attached hydrogens (tertiary/aromatic N) is 3. The van der Waals surface area contributed by atoms with Gasteiger partial charge in [-0.3, -0.25) is 4.90 Å². The van der Waals surface area contributed by atoms with E-state index >= 15 is 0 Å². The molecule has 1 aliphatic heterocycles. The van der Waals surface area contributed by atoms with E-state index in [1.165, 1.54) is 35.4 Å². The fraction of sp³-hybridized carbons (Fsp3) is 0.286. The van der Waals surface area contributed by atoms with Crippen molar-refractivity contribution in [2.75, 3.05) is 13.1 Å². The third-order valence-electron chi connectivity index (χ3n) is 5.51. The molecule has 1 fully saturated rings. The van der Waals surface area contributed by atoms with Crippen molar-refractivity contribution in [2.45, 2.75) is 24.8 Å². The van der Waals surface area contributed by atoms with Crippen molar-refractivity contribution in [1.82, 2.24) is 14.7 Å². The number of benzene rings is 2. The Kier molecular flexibility index (Phi) is 3.45. The van der Waals surface area contributed by atoms with Gasteiger partial charge in [0.15, 0.2) is 0 Å². The molecule has 2 bridgehead atoms. The molecule has 0 amide bonds. The molecule has 2 heterocycles. The average molecular weight is 333 g/mol. The number of rotatable bonds is 3. The lowest BCUT2D eigenvalue weighted by atomic mass is 9.95. The van der Waals surface area contributed by atoms with E-state index in [9.17, 15) is 4.39 Å². The molecule has 0 saturated carbocycles. The molecule has 3 aromatic rings. The van der Waals surface area contributed by atoms with E-state index in [4.69, 9.17) is 0 Å². The molecule has 25 heavy (non-hydrogen) atoms. The van der Waals surface area contributed by atoms with Crippen molar-refractivity contribution in [1.29, 1.82) is 0 Å². The van der Waals surface area contributed by atoms with E-state index in [0.29, 0.717) is 11.8 Å². The Balaban J connectivity index is 1.43. The molecule has 1 saturated heterocycles. The summed E-state index contributed by atoms with van der Waals surface area (Å²) < 4.78 is 15.3. The van der Waals surface area contributed by atoms with Gasteiger partial charge in [-0.1, -0.05) is 30.3 Å². The predicted molar refractivity (Wildman–Crippen MR) is 95.3 cm³/mol. The first-order chi connectivity index (χ1) is 12.3. The lowest BCUT2D eigenvalue weighted by Crippen LogP contribution is -2.34. The van der Waals surface area contributed by atoms with Gasteiger partial charge in [-0.25, -0.2) is 9.07 Å². The summed E-state index contributed by atoms with van der Waals surface area (Å²) in [6, 6.07) is 17.3. The summed E-state index contributed by atoms with van der Waals surface area (Å²) in [5, 5.41) is 4.60. The molecule has 0 spiro atoms. The Bertz CT molecular complexity index is 885. The molecule has 1 aliphatic carbocycles. The Hall–Kier alpha value is -2.46. The van der Waals surface area contributed by atoms with E-state index < -0.39 is 0 Å².